The third kappa shape index (κ3) is 2.77. The average molecular weight is 263 g/mol. The Labute approximate surface area is 116 Å². The van der Waals surface area contributed by atoms with Crippen LogP contribution < -0.4 is 4.74 Å². The monoisotopic (exact) mass is 263 g/mol. The molecule has 1 aromatic carbocycles. The SMILES string of the molecule is CCc1ccc(OC)c(CN2CCC(O)C2(C)C)c1. The van der Waals surface area contributed by atoms with E-state index in [0.717, 1.165) is 31.7 Å². The van der Waals surface area contributed by atoms with Crippen molar-refractivity contribution in [1.82, 2.24) is 4.90 Å². The molecule has 1 heterocycles. The van der Waals surface area contributed by atoms with Crippen LogP contribution >= 0.6 is 0 Å². The molecular weight excluding hydrogens is 238 g/mol. The summed E-state index contributed by atoms with van der Waals surface area (Å²) in [6.07, 6.45) is 1.64. The predicted octanol–water partition coefficient (Wildman–Crippen LogP) is 2.60. The van der Waals surface area contributed by atoms with Crippen molar-refractivity contribution in [2.75, 3.05) is 13.7 Å². The number of aryl methyl sites for hydroxylation is 1. The molecule has 0 radical (unpaired) electrons. The van der Waals surface area contributed by atoms with Crippen LogP contribution in [0.4, 0.5) is 0 Å². The maximum absolute atomic E-state index is 10.1. The molecule has 106 valence electrons. The third-order valence-electron chi connectivity index (χ3n) is 4.42. The minimum Gasteiger partial charge on any atom is -0.496 e. The molecule has 1 unspecified atom stereocenters. The molecule has 1 aromatic rings. The van der Waals surface area contributed by atoms with E-state index in [4.69, 9.17) is 4.74 Å². The van der Waals surface area contributed by atoms with Gasteiger partial charge in [0.05, 0.1) is 13.2 Å². The Morgan fingerprint density at radius 2 is 2.16 bits per heavy atom. The van der Waals surface area contributed by atoms with Crippen LogP contribution in [0.5, 0.6) is 5.75 Å². The lowest BCUT2D eigenvalue weighted by atomic mass is 9.98. The normalized spacial score (nSPS) is 22.7. The number of likely N-dealkylation sites (tertiary alicyclic amines) is 1. The molecule has 1 saturated heterocycles. The summed E-state index contributed by atoms with van der Waals surface area (Å²) >= 11 is 0. The summed E-state index contributed by atoms with van der Waals surface area (Å²) in [4.78, 5) is 2.34. The van der Waals surface area contributed by atoms with Crippen LogP contribution in [-0.4, -0.2) is 35.3 Å². The molecule has 0 bridgehead atoms. The van der Waals surface area contributed by atoms with E-state index >= 15 is 0 Å². The predicted molar refractivity (Wildman–Crippen MR) is 77.5 cm³/mol. The lowest BCUT2D eigenvalue weighted by Crippen LogP contribution is -2.44. The molecule has 1 aliphatic heterocycles. The van der Waals surface area contributed by atoms with Crippen LogP contribution in [0.3, 0.4) is 0 Å². The van der Waals surface area contributed by atoms with E-state index in [2.05, 4.69) is 37.8 Å². The molecule has 1 aliphatic rings. The molecule has 1 atom stereocenters. The second-order valence-corrected chi connectivity index (χ2v) is 5.88. The van der Waals surface area contributed by atoms with Crippen LogP contribution in [0.1, 0.15) is 38.3 Å². The van der Waals surface area contributed by atoms with Gasteiger partial charge in [-0.05, 0) is 38.3 Å². The van der Waals surface area contributed by atoms with Gasteiger partial charge in [0.15, 0.2) is 0 Å². The first-order valence-corrected chi connectivity index (χ1v) is 7.08. The Balaban J connectivity index is 2.23. The van der Waals surface area contributed by atoms with E-state index in [1.165, 1.54) is 11.1 Å². The number of benzene rings is 1. The Hall–Kier alpha value is -1.06. The summed E-state index contributed by atoms with van der Waals surface area (Å²) in [5, 5.41) is 10.1. The van der Waals surface area contributed by atoms with E-state index in [1.807, 2.05) is 6.07 Å². The highest BCUT2D eigenvalue weighted by Crippen LogP contribution is 2.32. The molecular formula is C16H25NO2. The first kappa shape index (κ1) is 14.4. The molecule has 0 amide bonds. The van der Waals surface area contributed by atoms with Gasteiger partial charge in [0.1, 0.15) is 5.75 Å². The second-order valence-electron chi connectivity index (χ2n) is 5.88. The summed E-state index contributed by atoms with van der Waals surface area (Å²) in [5.41, 5.74) is 2.38. The van der Waals surface area contributed by atoms with E-state index < -0.39 is 0 Å². The highest BCUT2D eigenvalue weighted by atomic mass is 16.5. The number of aliphatic hydroxyl groups is 1. The average Bonchev–Trinajstić information content (AvgIpc) is 2.65. The van der Waals surface area contributed by atoms with Gasteiger partial charge >= 0.3 is 0 Å². The molecule has 1 fully saturated rings. The molecule has 0 saturated carbocycles. The summed E-state index contributed by atoms with van der Waals surface area (Å²) in [6, 6.07) is 6.39. The maximum atomic E-state index is 10.1. The van der Waals surface area contributed by atoms with Gasteiger partial charge in [0, 0.05) is 24.2 Å². The summed E-state index contributed by atoms with van der Waals surface area (Å²) in [7, 11) is 1.72. The molecule has 0 aromatic heterocycles. The van der Waals surface area contributed by atoms with Crippen LogP contribution in [-0.2, 0) is 13.0 Å². The van der Waals surface area contributed by atoms with Crippen molar-refractivity contribution in [1.29, 1.82) is 0 Å². The molecule has 19 heavy (non-hydrogen) atoms. The Morgan fingerprint density at radius 1 is 1.42 bits per heavy atom. The van der Waals surface area contributed by atoms with Crippen LogP contribution in [0.15, 0.2) is 18.2 Å². The largest absolute Gasteiger partial charge is 0.496 e. The van der Waals surface area contributed by atoms with E-state index in [1.54, 1.807) is 7.11 Å². The molecule has 3 heteroatoms. The quantitative estimate of drug-likeness (QED) is 0.906. The standard InChI is InChI=1S/C16H25NO2/c1-5-12-6-7-14(19-4)13(10-12)11-17-9-8-15(18)16(17,2)3/h6-7,10,15,18H,5,8-9,11H2,1-4H3. The number of rotatable bonds is 4. The van der Waals surface area contributed by atoms with Crippen molar-refractivity contribution in [3.05, 3.63) is 29.3 Å². The van der Waals surface area contributed by atoms with Gasteiger partial charge in [-0.1, -0.05) is 19.1 Å². The summed E-state index contributed by atoms with van der Waals surface area (Å²) in [5.74, 6) is 0.939. The second kappa shape index (κ2) is 5.51. The van der Waals surface area contributed by atoms with Crippen LogP contribution in [0.2, 0.25) is 0 Å². The Bertz CT molecular complexity index is 442. The number of nitrogens with zero attached hydrogens (tertiary/aromatic N) is 1. The zero-order valence-electron chi connectivity index (χ0n) is 12.4. The van der Waals surface area contributed by atoms with E-state index in [0.29, 0.717) is 0 Å². The fourth-order valence-electron chi connectivity index (χ4n) is 2.79. The first-order chi connectivity index (χ1) is 8.98. The molecule has 0 spiro atoms. The first-order valence-electron chi connectivity index (χ1n) is 7.08. The van der Waals surface area contributed by atoms with E-state index in [9.17, 15) is 5.11 Å². The van der Waals surface area contributed by atoms with E-state index in [-0.39, 0.29) is 11.6 Å². The highest BCUT2D eigenvalue weighted by molar-refractivity contribution is 5.37. The molecule has 2 rings (SSSR count). The van der Waals surface area contributed by atoms with Crippen molar-refractivity contribution in [3.63, 3.8) is 0 Å². The smallest absolute Gasteiger partial charge is 0.123 e. The third-order valence-corrected chi connectivity index (χ3v) is 4.42. The topological polar surface area (TPSA) is 32.7 Å². The lowest BCUT2D eigenvalue weighted by Gasteiger charge is -2.34. The zero-order valence-corrected chi connectivity index (χ0v) is 12.4. The number of aliphatic hydroxyl groups excluding tert-OH is 1. The van der Waals surface area contributed by atoms with Gasteiger partial charge in [-0.3, -0.25) is 4.90 Å². The fraction of sp³-hybridized carbons (Fsp3) is 0.625. The van der Waals surface area contributed by atoms with Gasteiger partial charge in [-0.25, -0.2) is 0 Å². The Kier molecular flexibility index (Phi) is 4.16. The van der Waals surface area contributed by atoms with Crippen molar-refractivity contribution in [3.8, 4) is 5.75 Å². The Morgan fingerprint density at radius 3 is 2.68 bits per heavy atom. The van der Waals surface area contributed by atoms with Gasteiger partial charge in [0.2, 0.25) is 0 Å². The van der Waals surface area contributed by atoms with Gasteiger partial charge in [0.25, 0.3) is 0 Å². The van der Waals surface area contributed by atoms with Crippen molar-refractivity contribution in [2.45, 2.75) is 51.8 Å². The number of hydrogen-bond donors (Lipinski definition) is 1. The van der Waals surface area contributed by atoms with Crippen molar-refractivity contribution < 1.29 is 9.84 Å². The number of methoxy groups -OCH3 is 1. The number of ether oxygens (including phenoxy) is 1. The highest BCUT2D eigenvalue weighted by Gasteiger charge is 2.40. The van der Waals surface area contributed by atoms with Crippen molar-refractivity contribution >= 4 is 0 Å². The minimum atomic E-state index is -0.243. The van der Waals surface area contributed by atoms with Crippen molar-refractivity contribution in [2.24, 2.45) is 0 Å². The van der Waals surface area contributed by atoms with Gasteiger partial charge in [-0.15, -0.1) is 0 Å². The zero-order chi connectivity index (χ0) is 14.0. The van der Waals surface area contributed by atoms with Gasteiger partial charge in [-0.2, -0.15) is 0 Å². The minimum absolute atomic E-state index is 0.159. The lowest BCUT2D eigenvalue weighted by molar-refractivity contribution is 0.0502. The van der Waals surface area contributed by atoms with Crippen LogP contribution in [0, 0.1) is 0 Å². The van der Waals surface area contributed by atoms with Gasteiger partial charge < -0.3 is 9.84 Å². The molecule has 3 nitrogen and oxygen atoms in total. The number of hydrogen-bond acceptors (Lipinski definition) is 3. The molecule has 0 aliphatic carbocycles. The summed E-state index contributed by atoms with van der Waals surface area (Å²) in [6.45, 7) is 8.16. The summed E-state index contributed by atoms with van der Waals surface area (Å²) < 4.78 is 5.46. The van der Waals surface area contributed by atoms with Crippen LogP contribution in [0.25, 0.3) is 0 Å². The fourth-order valence-corrected chi connectivity index (χ4v) is 2.79. The molecule has 1 N–H and O–H groups in total. The maximum Gasteiger partial charge on any atom is 0.123 e.